The molecule has 2 fully saturated rings. The number of ether oxygens (including phenoxy) is 1. The molecule has 4 heteroatoms. The second-order valence-electron chi connectivity index (χ2n) is 6.64. The highest BCUT2D eigenvalue weighted by Crippen LogP contribution is 2.34. The third-order valence-electron chi connectivity index (χ3n) is 4.82. The van der Waals surface area contributed by atoms with Crippen molar-refractivity contribution in [1.82, 2.24) is 10.2 Å². The summed E-state index contributed by atoms with van der Waals surface area (Å²) < 4.78 is 5.45. The van der Waals surface area contributed by atoms with Crippen molar-refractivity contribution in [2.75, 3.05) is 26.9 Å². The zero-order chi connectivity index (χ0) is 13.9. The number of nitrogens with zero attached hydrogens (tertiary/aromatic N) is 1. The largest absolute Gasteiger partial charge is 0.394 e. The highest BCUT2D eigenvalue weighted by molar-refractivity contribution is 5.00. The predicted molar refractivity (Wildman–Crippen MR) is 77.3 cm³/mol. The van der Waals surface area contributed by atoms with Crippen LogP contribution in [0.1, 0.15) is 46.0 Å². The lowest BCUT2D eigenvalue weighted by Crippen LogP contribution is -2.51. The molecule has 0 aromatic rings. The van der Waals surface area contributed by atoms with Crippen molar-refractivity contribution in [3.05, 3.63) is 0 Å². The van der Waals surface area contributed by atoms with Gasteiger partial charge >= 0.3 is 0 Å². The third-order valence-corrected chi connectivity index (χ3v) is 4.82. The van der Waals surface area contributed by atoms with Crippen LogP contribution in [0.25, 0.3) is 0 Å². The molecule has 0 radical (unpaired) electrons. The van der Waals surface area contributed by atoms with Gasteiger partial charge in [-0.15, -0.1) is 0 Å². The molecule has 0 amide bonds. The van der Waals surface area contributed by atoms with Crippen molar-refractivity contribution in [1.29, 1.82) is 0 Å². The summed E-state index contributed by atoms with van der Waals surface area (Å²) in [6.07, 6.45) is 5.64. The Kier molecular flexibility index (Phi) is 5.23. The molecule has 2 aliphatic rings. The maximum Gasteiger partial charge on any atom is 0.0614 e. The minimum Gasteiger partial charge on any atom is -0.394 e. The van der Waals surface area contributed by atoms with E-state index in [1.165, 1.54) is 6.42 Å². The Morgan fingerprint density at radius 1 is 1.26 bits per heavy atom. The van der Waals surface area contributed by atoms with Gasteiger partial charge < -0.3 is 20.1 Å². The molecule has 2 atom stereocenters. The van der Waals surface area contributed by atoms with E-state index in [-0.39, 0.29) is 12.1 Å². The van der Waals surface area contributed by atoms with Crippen molar-refractivity contribution in [3.8, 4) is 0 Å². The van der Waals surface area contributed by atoms with Gasteiger partial charge in [-0.1, -0.05) is 13.8 Å². The summed E-state index contributed by atoms with van der Waals surface area (Å²) in [5, 5.41) is 13.4. The Morgan fingerprint density at radius 3 is 2.53 bits per heavy atom. The predicted octanol–water partition coefficient (Wildman–Crippen LogP) is 1.38. The Hall–Kier alpha value is -0.160. The topological polar surface area (TPSA) is 44.7 Å². The first-order valence-electron chi connectivity index (χ1n) is 7.74. The Balaban J connectivity index is 1.92. The molecule has 2 rings (SSSR count). The van der Waals surface area contributed by atoms with Crippen molar-refractivity contribution < 1.29 is 9.84 Å². The van der Waals surface area contributed by atoms with Gasteiger partial charge in [-0.25, -0.2) is 0 Å². The van der Waals surface area contributed by atoms with E-state index in [9.17, 15) is 5.11 Å². The molecule has 1 heterocycles. The molecule has 0 bridgehead atoms. The number of aliphatic hydroxyl groups is 1. The van der Waals surface area contributed by atoms with E-state index in [0.29, 0.717) is 18.1 Å². The molecule has 112 valence electrons. The van der Waals surface area contributed by atoms with Crippen LogP contribution in [-0.2, 0) is 4.74 Å². The van der Waals surface area contributed by atoms with E-state index >= 15 is 0 Å². The molecule has 19 heavy (non-hydrogen) atoms. The third kappa shape index (κ3) is 3.69. The Labute approximate surface area is 117 Å². The van der Waals surface area contributed by atoms with Gasteiger partial charge in [0, 0.05) is 36.9 Å². The van der Waals surface area contributed by atoms with Crippen LogP contribution in [0, 0.1) is 0 Å². The average Bonchev–Trinajstić information content (AvgIpc) is 2.83. The number of hydrogen-bond donors (Lipinski definition) is 2. The van der Waals surface area contributed by atoms with Crippen LogP contribution in [0.5, 0.6) is 0 Å². The van der Waals surface area contributed by atoms with Crippen LogP contribution in [0.15, 0.2) is 0 Å². The Morgan fingerprint density at radius 2 is 1.95 bits per heavy atom. The second-order valence-corrected chi connectivity index (χ2v) is 6.64. The maximum atomic E-state index is 9.77. The summed E-state index contributed by atoms with van der Waals surface area (Å²) in [5.74, 6) is 0. The van der Waals surface area contributed by atoms with Crippen molar-refractivity contribution in [3.63, 3.8) is 0 Å². The normalized spacial score (nSPS) is 33.5. The number of nitrogens with one attached hydrogen (secondary N) is 1. The van der Waals surface area contributed by atoms with Crippen LogP contribution in [0.2, 0.25) is 0 Å². The smallest absolute Gasteiger partial charge is 0.0614 e. The molecule has 0 spiro atoms. The molecule has 1 aliphatic heterocycles. The van der Waals surface area contributed by atoms with Crippen LogP contribution in [-0.4, -0.2) is 60.5 Å². The fourth-order valence-corrected chi connectivity index (χ4v) is 3.77. The molecular weight excluding hydrogens is 240 g/mol. The quantitative estimate of drug-likeness (QED) is 0.792. The van der Waals surface area contributed by atoms with E-state index in [0.717, 1.165) is 38.9 Å². The van der Waals surface area contributed by atoms with Crippen molar-refractivity contribution in [2.45, 2.75) is 69.6 Å². The lowest BCUT2D eigenvalue weighted by molar-refractivity contribution is 0.0269. The maximum absolute atomic E-state index is 9.77. The first-order valence-corrected chi connectivity index (χ1v) is 7.74. The van der Waals surface area contributed by atoms with Gasteiger partial charge in [0.2, 0.25) is 0 Å². The van der Waals surface area contributed by atoms with Gasteiger partial charge in [0.1, 0.15) is 0 Å². The minimum absolute atomic E-state index is 0.0573. The fraction of sp³-hybridized carbons (Fsp3) is 1.00. The lowest BCUT2D eigenvalue weighted by Gasteiger charge is -2.37. The molecule has 1 saturated carbocycles. The first-order chi connectivity index (χ1) is 9.06. The summed E-state index contributed by atoms with van der Waals surface area (Å²) >= 11 is 0. The summed E-state index contributed by atoms with van der Waals surface area (Å²) in [6, 6.07) is 1.69. The van der Waals surface area contributed by atoms with E-state index in [1.807, 2.05) is 0 Å². The SMILES string of the molecule is CC(C)NC1(CO)CCC(N(C)C2CCOCC2)C1. The first kappa shape index (κ1) is 15.2. The average molecular weight is 270 g/mol. The summed E-state index contributed by atoms with van der Waals surface area (Å²) in [6.45, 7) is 6.37. The zero-order valence-corrected chi connectivity index (χ0v) is 12.7. The van der Waals surface area contributed by atoms with Crippen LogP contribution < -0.4 is 5.32 Å². The molecule has 2 N–H and O–H groups in total. The van der Waals surface area contributed by atoms with Gasteiger partial charge in [-0.05, 0) is 39.2 Å². The van der Waals surface area contributed by atoms with Crippen molar-refractivity contribution >= 4 is 0 Å². The van der Waals surface area contributed by atoms with Crippen molar-refractivity contribution in [2.24, 2.45) is 0 Å². The summed E-state index contributed by atoms with van der Waals surface area (Å²) in [5.41, 5.74) is -0.0573. The molecular formula is C15H30N2O2. The van der Waals surface area contributed by atoms with Gasteiger partial charge in [-0.3, -0.25) is 0 Å². The molecule has 0 aromatic carbocycles. The molecule has 2 unspecified atom stereocenters. The standard InChI is InChI=1S/C15H30N2O2/c1-12(2)16-15(11-18)7-4-14(10-15)17(3)13-5-8-19-9-6-13/h12-14,16,18H,4-11H2,1-3H3. The second kappa shape index (κ2) is 6.53. The van der Waals surface area contributed by atoms with E-state index in [4.69, 9.17) is 4.74 Å². The highest BCUT2D eigenvalue weighted by atomic mass is 16.5. The number of aliphatic hydroxyl groups excluding tert-OH is 1. The lowest BCUT2D eigenvalue weighted by atomic mass is 9.96. The van der Waals surface area contributed by atoms with Gasteiger partial charge in [0.25, 0.3) is 0 Å². The summed E-state index contributed by atoms with van der Waals surface area (Å²) in [4.78, 5) is 2.54. The fourth-order valence-electron chi connectivity index (χ4n) is 3.77. The highest BCUT2D eigenvalue weighted by Gasteiger charge is 2.41. The molecule has 0 aromatic heterocycles. The molecule has 1 aliphatic carbocycles. The zero-order valence-electron chi connectivity index (χ0n) is 12.7. The van der Waals surface area contributed by atoms with Crippen LogP contribution >= 0.6 is 0 Å². The minimum atomic E-state index is -0.0573. The van der Waals surface area contributed by atoms with Crippen LogP contribution in [0.4, 0.5) is 0 Å². The number of rotatable bonds is 5. The van der Waals surface area contributed by atoms with Gasteiger partial charge in [0.05, 0.1) is 6.61 Å². The van der Waals surface area contributed by atoms with Crippen LogP contribution in [0.3, 0.4) is 0 Å². The van der Waals surface area contributed by atoms with Gasteiger partial charge in [0.15, 0.2) is 0 Å². The Bertz CT molecular complexity index is 279. The van der Waals surface area contributed by atoms with E-state index < -0.39 is 0 Å². The van der Waals surface area contributed by atoms with E-state index in [1.54, 1.807) is 0 Å². The molecule has 4 nitrogen and oxygen atoms in total. The molecule has 1 saturated heterocycles. The monoisotopic (exact) mass is 270 g/mol. The van der Waals surface area contributed by atoms with E-state index in [2.05, 4.69) is 31.1 Å². The summed E-state index contributed by atoms with van der Waals surface area (Å²) in [7, 11) is 2.25. The van der Waals surface area contributed by atoms with Gasteiger partial charge in [-0.2, -0.15) is 0 Å². The number of hydrogen-bond acceptors (Lipinski definition) is 4.